The van der Waals surface area contributed by atoms with Crippen LogP contribution in [0.3, 0.4) is 0 Å². The number of hydrogen-bond acceptors (Lipinski definition) is 2. The Hall–Kier alpha value is -0.410. The van der Waals surface area contributed by atoms with E-state index in [1.807, 2.05) is 6.92 Å². The van der Waals surface area contributed by atoms with Crippen LogP contribution >= 0.6 is 24.0 Å². The minimum atomic E-state index is 0. The maximum absolute atomic E-state index is 5.68. The molecular formula is C5H9Cl2N3. The fourth-order valence-electron chi connectivity index (χ4n) is 0.605. The quantitative estimate of drug-likeness (QED) is 0.716. The molecule has 0 atom stereocenters. The van der Waals surface area contributed by atoms with Crippen molar-refractivity contribution in [2.75, 3.05) is 5.73 Å². The molecule has 10 heavy (non-hydrogen) atoms. The molecule has 1 aromatic rings. The van der Waals surface area contributed by atoms with E-state index in [-0.39, 0.29) is 12.4 Å². The number of anilines is 1. The Bertz CT molecular complexity index is 209. The lowest BCUT2D eigenvalue weighted by molar-refractivity contribution is 0.661. The van der Waals surface area contributed by atoms with Gasteiger partial charge in [-0.3, -0.25) is 4.68 Å². The smallest absolute Gasteiger partial charge is 0.150 e. The van der Waals surface area contributed by atoms with Crippen LogP contribution in [0.25, 0.3) is 0 Å². The zero-order valence-electron chi connectivity index (χ0n) is 5.54. The van der Waals surface area contributed by atoms with E-state index in [1.165, 1.54) is 0 Å². The van der Waals surface area contributed by atoms with Crippen molar-refractivity contribution in [3.05, 3.63) is 11.3 Å². The Morgan fingerprint density at radius 1 is 1.80 bits per heavy atom. The first-order valence-corrected chi connectivity index (χ1v) is 3.10. The monoisotopic (exact) mass is 181 g/mol. The Balaban J connectivity index is 0.000000810. The van der Waals surface area contributed by atoms with Crippen molar-refractivity contribution in [2.45, 2.75) is 13.5 Å². The summed E-state index contributed by atoms with van der Waals surface area (Å²) in [7, 11) is 0. The van der Waals surface area contributed by atoms with Gasteiger partial charge in [-0.15, -0.1) is 12.4 Å². The van der Waals surface area contributed by atoms with Crippen LogP contribution in [-0.4, -0.2) is 9.78 Å². The second-order valence-corrected chi connectivity index (χ2v) is 2.06. The first-order valence-electron chi connectivity index (χ1n) is 2.72. The van der Waals surface area contributed by atoms with Gasteiger partial charge in [-0.1, -0.05) is 11.6 Å². The summed E-state index contributed by atoms with van der Waals surface area (Å²) < 4.78 is 1.64. The largest absolute Gasteiger partial charge is 0.395 e. The van der Waals surface area contributed by atoms with E-state index in [2.05, 4.69) is 5.10 Å². The highest BCUT2D eigenvalue weighted by molar-refractivity contribution is 6.31. The number of nitrogens with zero attached hydrogens (tertiary/aromatic N) is 2. The van der Waals surface area contributed by atoms with Crippen molar-refractivity contribution in [1.29, 1.82) is 0 Å². The van der Waals surface area contributed by atoms with Gasteiger partial charge in [-0.05, 0) is 6.92 Å². The van der Waals surface area contributed by atoms with Crippen LogP contribution in [0.1, 0.15) is 6.92 Å². The van der Waals surface area contributed by atoms with Crippen LogP contribution in [0.15, 0.2) is 6.20 Å². The molecule has 0 bridgehead atoms. The highest BCUT2D eigenvalue weighted by atomic mass is 35.5. The maximum atomic E-state index is 5.68. The van der Waals surface area contributed by atoms with Gasteiger partial charge < -0.3 is 5.73 Å². The molecule has 0 unspecified atom stereocenters. The summed E-state index contributed by atoms with van der Waals surface area (Å²) in [5.41, 5.74) is 5.94. The average Bonchev–Trinajstić information content (AvgIpc) is 2.15. The molecular weight excluding hydrogens is 173 g/mol. The lowest BCUT2D eigenvalue weighted by Gasteiger charge is -1.94. The molecule has 0 aliphatic heterocycles. The predicted molar refractivity (Wildman–Crippen MR) is 44.6 cm³/mol. The summed E-state index contributed by atoms with van der Waals surface area (Å²) in [6, 6.07) is 0. The van der Waals surface area contributed by atoms with Gasteiger partial charge in [0.1, 0.15) is 5.15 Å². The van der Waals surface area contributed by atoms with E-state index in [0.717, 1.165) is 6.54 Å². The lowest BCUT2D eigenvalue weighted by atomic mass is 10.6. The number of aryl methyl sites for hydroxylation is 1. The number of halogens is 2. The average molecular weight is 182 g/mol. The van der Waals surface area contributed by atoms with E-state index in [1.54, 1.807) is 10.9 Å². The Morgan fingerprint density at radius 3 is 2.60 bits per heavy atom. The van der Waals surface area contributed by atoms with Gasteiger partial charge in [-0.2, -0.15) is 5.10 Å². The van der Waals surface area contributed by atoms with Gasteiger partial charge in [-0.25, -0.2) is 0 Å². The van der Waals surface area contributed by atoms with Crippen molar-refractivity contribution in [2.24, 2.45) is 0 Å². The highest BCUT2D eigenvalue weighted by Gasteiger charge is 2.00. The first-order chi connectivity index (χ1) is 4.25. The normalized spacial score (nSPS) is 9.00. The summed E-state index contributed by atoms with van der Waals surface area (Å²) in [6.45, 7) is 2.72. The standard InChI is InChI=1S/C5H8ClN3.ClH/c1-2-9-5(6)4(7)3-8-9;/h3H,2,7H2,1H3;1H. The van der Waals surface area contributed by atoms with E-state index < -0.39 is 0 Å². The minimum absolute atomic E-state index is 0. The summed E-state index contributed by atoms with van der Waals surface area (Å²) in [5, 5.41) is 4.42. The van der Waals surface area contributed by atoms with Gasteiger partial charge >= 0.3 is 0 Å². The topological polar surface area (TPSA) is 43.8 Å². The molecule has 5 heteroatoms. The molecule has 1 aromatic heterocycles. The summed E-state index contributed by atoms with van der Waals surface area (Å²) >= 11 is 5.68. The predicted octanol–water partition coefficient (Wildman–Crippen LogP) is 1.56. The number of nitrogens with two attached hydrogens (primary N) is 1. The number of nitrogen functional groups attached to an aromatic ring is 1. The third-order valence-electron chi connectivity index (χ3n) is 1.10. The van der Waals surface area contributed by atoms with Crippen molar-refractivity contribution in [3.8, 4) is 0 Å². The molecule has 0 aromatic carbocycles. The lowest BCUT2D eigenvalue weighted by Crippen LogP contribution is -1.95. The van der Waals surface area contributed by atoms with E-state index in [0.29, 0.717) is 10.8 Å². The van der Waals surface area contributed by atoms with E-state index in [9.17, 15) is 0 Å². The molecule has 0 aliphatic carbocycles. The summed E-state index contributed by atoms with van der Waals surface area (Å²) in [6.07, 6.45) is 1.55. The first kappa shape index (κ1) is 9.59. The molecule has 0 spiro atoms. The van der Waals surface area contributed by atoms with Gasteiger partial charge in [0.25, 0.3) is 0 Å². The Labute approximate surface area is 70.6 Å². The molecule has 0 fully saturated rings. The summed E-state index contributed by atoms with van der Waals surface area (Å²) in [5.74, 6) is 0. The van der Waals surface area contributed by atoms with E-state index >= 15 is 0 Å². The van der Waals surface area contributed by atoms with Crippen LogP contribution in [0.2, 0.25) is 5.15 Å². The van der Waals surface area contributed by atoms with Crippen molar-refractivity contribution < 1.29 is 0 Å². The number of rotatable bonds is 1. The summed E-state index contributed by atoms with van der Waals surface area (Å²) in [4.78, 5) is 0. The molecule has 2 N–H and O–H groups in total. The zero-order chi connectivity index (χ0) is 6.85. The van der Waals surface area contributed by atoms with Crippen molar-refractivity contribution in [1.82, 2.24) is 9.78 Å². The fourth-order valence-corrected chi connectivity index (χ4v) is 0.817. The number of hydrogen-bond donors (Lipinski definition) is 1. The van der Waals surface area contributed by atoms with Gasteiger partial charge in [0.05, 0.1) is 11.9 Å². The molecule has 0 saturated carbocycles. The molecule has 1 heterocycles. The van der Waals surface area contributed by atoms with Crippen LogP contribution in [-0.2, 0) is 6.54 Å². The molecule has 0 aliphatic rings. The van der Waals surface area contributed by atoms with Crippen LogP contribution in [0, 0.1) is 0 Å². The highest BCUT2D eigenvalue weighted by Crippen LogP contribution is 2.15. The van der Waals surface area contributed by atoms with Crippen LogP contribution in [0.4, 0.5) is 5.69 Å². The third-order valence-corrected chi connectivity index (χ3v) is 1.51. The Kier molecular flexibility index (Phi) is 3.53. The molecule has 0 amide bonds. The van der Waals surface area contributed by atoms with Gasteiger partial charge in [0.15, 0.2) is 0 Å². The molecule has 3 nitrogen and oxygen atoms in total. The number of aromatic nitrogens is 2. The molecule has 0 saturated heterocycles. The fraction of sp³-hybridized carbons (Fsp3) is 0.400. The van der Waals surface area contributed by atoms with Crippen molar-refractivity contribution in [3.63, 3.8) is 0 Å². The maximum Gasteiger partial charge on any atom is 0.150 e. The van der Waals surface area contributed by atoms with Crippen LogP contribution in [0.5, 0.6) is 0 Å². The van der Waals surface area contributed by atoms with E-state index in [4.69, 9.17) is 17.3 Å². The minimum Gasteiger partial charge on any atom is -0.395 e. The zero-order valence-corrected chi connectivity index (χ0v) is 7.11. The van der Waals surface area contributed by atoms with Gasteiger partial charge in [0, 0.05) is 6.54 Å². The second kappa shape index (κ2) is 3.68. The second-order valence-electron chi connectivity index (χ2n) is 1.71. The van der Waals surface area contributed by atoms with Crippen molar-refractivity contribution >= 4 is 29.7 Å². The van der Waals surface area contributed by atoms with Crippen LogP contribution < -0.4 is 5.73 Å². The van der Waals surface area contributed by atoms with Gasteiger partial charge in [0.2, 0.25) is 0 Å². The SMILES string of the molecule is CCn1ncc(N)c1Cl.Cl. The Morgan fingerprint density at radius 2 is 2.40 bits per heavy atom. The molecule has 58 valence electrons. The molecule has 1 rings (SSSR count). The molecule has 0 radical (unpaired) electrons. The third kappa shape index (κ3) is 1.55.